The molecular formula is C17H20FN3O3. The van der Waals surface area contributed by atoms with Crippen LogP contribution in [0.1, 0.15) is 22.3 Å². The molecule has 0 saturated carbocycles. The zero-order valence-electron chi connectivity index (χ0n) is 13.5. The highest BCUT2D eigenvalue weighted by Gasteiger charge is 2.33. The minimum Gasteiger partial charge on any atom is -0.355 e. The molecule has 0 radical (unpaired) electrons. The molecule has 1 N–H and O–H groups in total. The van der Waals surface area contributed by atoms with Gasteiger partial charge in [-0.25, -0.2) is 4.39 Å². The molecule has 1 atom stereocenters. The van der Waals surface area contributed by atoms with Gasteiger partial charge >= 0.3 is 0 Å². The summed E-state index contributed by atoms with van der Waals surface area (Å²) < 4.78 is 13.6. The number of carbonyl (C=O) groups excluding carboxylic acids is 3. The average Bonchev–Trinajstić information content (AvgIpc) is 3.02. The van der Waals surface area contributed by atoms with Gasteiger partial charge in [0.2, 0.25) is 11.8 Å². The molecule has 2 saturated heterocycles. The Morgan fingerprint density at radius 3 is 2.42 bits per heavy atom. The van der Waals surface area contributed by atoms with Crippen molar-refractivity contribution >= 4 is 17.7 Å². The number of piperazine rings is 1. The van der Waals surface area contributed by atoms with E-state index in [0.717, 1.165) is 0 Å². The van der Waals surface area contributed by atoms with Gasteiger partial charge in [-0.1, -0.05) is 6.07 Å². The highest BCUT2D eigenvalue weighted by molar-refractivity contribution is 5.94. The maximum absolute atomic E-state index is 13.6. The summed E-state index contributed by atoms with van der Waals surface area (Å²) >= 11 is 0. The van der Waals surface area contributed by atoms with Crippen molar-refractivity contribution in [3.05, 3.63) is 35.1 Å². The van der Waals surface area contributed by atoms with Crippen LogP contribution in [0.25, 0.3) is 0 Å². The third-order valence-corrected chi connectivity index (χ3v) is 4.62. The fourth-order valence-electron chi connectivity index (χ4n) is 3.08. The van der Waals surface area contributed by atoms with Crippen molar-refractivity contribution in [2.24, 2.45) is 5.92 Å². The lowest BCUT2D eigenvalue weighted by Gasteiger charge is -2.35. The number of carbonyl (C=O) groups is 3. The van der Waals surface area contributed by atoms with E-state index in [-0.39, 0.29) is 30.1 Å². The van der Waals surface area contributed by atoms with Crippen LogP contribution in [-0.2, 0) is 9.59 Å². The van der Waals surface area contributed by atoms with Crippen LogP contribution in [-0.4, -0.2) is 60.2 Å². The van der Waals surface area contributed by atoms with Crippen LogP contribution in [0.5, 0.6) is 0 Å². The Morgan fingerprint density at radius 1 is 1.17 bits per heavy atom. The Bertz CT molecular complexity index is 684. The molecule has 2 aliphatic heterocycles. The van der Waals surface area contributed by atoms with Gasteiger partial charge in [-0.15, -0.1) is 0 Å². The lowest BCUT2D eigenvalue weighted by atomic mass is 10.1. The number of nitrogens with zero attached hydrogens (tertiary/aromatic N) is 2. The molecule has 3 rings (SSSR count). The lowest BCUT2D eigenvalue weighted by molar-refractivity contribution is -0.137. The van der Waals surface area contributed by atoms with Crippen molar-refractivity contribution in [1.29, 1.82) is 0 Å². The normalized spacial score (nSPS) is 20.9. The second kappa shape index (κ2) is 6.59. The van der Waals surface area contributed by atoms with Gasteiger partial charge in [-0.05, 0) is 24.6 Å². The lowest BCUT2D eigenvalue weighted by Crippen LogP contribution is -2.52. The van der Waals surface area contributed by atoms with Crippen molar-refractivity contribution in [1.82, 2.24) is 15.1 Å². The number of halogens is 1. The smallest absolute Gasteiger partial charge is 0.254 e. The molecule has 128 valence electrons. The van der Waals surface area contributed by atoms with E-state index in [1.54, 1.807) is 28.9 Å². The Labute approximate surface area is 139 Å². The van der Waals surface area contributed by atoms with E-state index >= 15 is 0 Å². The molecule has 2 aliphatic rings. The summed E-state index contributed by atoms with van der Waals surface area (Å²) in [7, 11) is 0. The summed E-state index contributed by atoms with van der Waals surface area (Å²) in [6, 6.07) is 4.46. The molecule has 1 aromatic carbocycles. The summed E-state index contributed by atoms with van der Waals surface area (Å²) in [5.74, 6) is -1.05. The predicted molar refractivity (Wildman–Crippen MR) is 84.7 cm³/mol. The largest absolute Gasteiger partial charge is 0.355 e. The van der Waals surface area contributed by atoms with E-state index in [0.29, 0.717) is 43.9 Å². The molecule has 1 aromatic rings. The van der Waals surface area contributed by atoms with Gasteiger partial charge in [0.1, 0.15) is 5.82 Å². The van der Waals surface area contributed by atoms with E-state index in [1.165, 1.54) is 6.07 Å². The number of hydrogen-bond donors (Lipinski definition) is 1. The average molecular weight is 333 g/mol. The zero-order valence-corrected chi connectivity index (χ0v) is 13.5. The van der Waals surface area contributed by atoms with Crippen LogP contribution in [0, 0.1) is 18.7 Å². The number of nitrogens with one attached hydrogen (secondary N) is 1. The molecule has 2 heterocycles. The van der Waals surface area contributed by atoms with Crippen LogP contribution in [0.15, 0.2) is 18.2 Å². The van der Waals surface area contributed by atoms with Gasteiger partial charge in [-0.3, -0.25) is 14.4 Å². The molecule has 0 spiro atoms. The summed E-state index contributed by atoms with van der Waals surface area (Å²) in [6.07, 6.45) is 0.237. The molecule has 0 aromatic heterocycles. The van der Waals surface area contributed by atoms with Crippen LogP contribution in [0.2, 0.25) is 0 Å². The van der Waals surface area contributed by atoms with E-state index in [9.17, 15) is 18.8 Å². The molecular weight excluding hydrogens is 313 g/mol. The molecule has 2 fully saturated rings. The van der Waals surface area contributed by atoms with Gasteiger partial charge in [0, 0.05) is 44.7 Å². The SMILES string of the molecule is Cc1ccc(C(=O)N2CCN(C(=O)C3CNC(=O)C3)CC2)cc1F. The van der Waals surface area contributed by atoms with Crippen LogP contribution < -0.4 is 5.32 Å². The fourth-order valence-corrected chi connectivity index (χ4v) is 3.08. The Balaban J connectivity index is 1.58. The Morgan fingerprint density at radius 2 is 1.83 bits per heavy atom. The van der Waals surface area contributed by atoms with Crippen molar-refractivity contribution in [2.75, 3.05) is 32.7 Å². The molecule has 1 unspecified atom stereocenters. The summed E-state index contributed by atoms with van der Waals surface area (Å²) in [4.78, 5) is 39.4. The van der Waals surface area contributed by atoms with Crippen molar-refractivity contribution in [2.45, 2.75) is 13.3 Å². The highest BCUT2D eigenvalue weighted by atomic mass is 19.1. The van der Waals surface area contributed by atoms with Gasteiger partial charge in [0.05, 0.1) is 5.92 Å². The number of aryl methyl sites for hydroxylation is 1. The van der Waals surface area contributed by atoms with Gasteiger partial charge < -0.3 is 15.1 Å². The second-order valence-electron chi connectivity index (χ2n) is 6.29. The van der Waals surface area contributed by atoms with E-state index in [2.05, 4.69) is 5.32 Å². The molecule has 0 bridgehead atoms. The van der Waals surface area contributed by atoms with Crippen molar-refractivity contribution < 1.29 is 18.8 Å². The molecule has 6 nitrogen and oxygen atoms in total. The number of benzene rings is 1. The van der Waals surface area contributed by atoms with Crippen LogP contribution >= 0.6 is 0 Å². The molecule has 0 aliphatic carbocycles. The maximum atomic E-state index is 13.6. The first kappa shape index (κ1) is 16.4. The Hall–Kier alpha value is -2.44. The third kappa shape index (κ3) is 3.25. The van der Waals surface area contributed by atoms with E-state index in [1.807, 2.05) is 0 Å². The maximum Gasteiger partial charge on any atom is 0.254 e. The van der Waals surface area contributed by atoms with E-state index < -0.39 is 5.82 Å². The van der Waals surface area contributed by atoms with Crippen molar-refractivity contribution in [3.8, 4) is 0 Å². The number of rotatable bonds is 2. The monoisotopic (exact) mass is 333 g/mol. The first-order valence-electron chi connectivity index (χ1n) is 8.06. The minimum atomic E-state index is -0.395. The predicted octanol–water partition coefficient (Wildman–Crippen LogP) is 0.555. The van der Waals surface area contributed by atoms with Crippen molar-refractivity contribution in [3.63, 3.8) is 0 Å². The molecule has 7 heteroatoms. The number of amides is 3. The standard InChI is InChI=1S/C17H20FN3O3/c1-11-2-3-12(8-14(11)18)16(23)20-4-6-21(7-5-20)17(24)13-9-15(22)19-10-13/h2-3,8,13H,4-7,9-10H2,1H3,(H,19,22). The highest BCUT2D eigenvalue weighted by Crippen LogP contribution is 2.16. The fraction of sp³-hybridized carbons (Fsp3) is 0.471. The molecule has 24 heavy (non-hydrogen) atoms. The van der Waals surface area contributed by atoms with Gasteiger partial charge in [0.15, 0.2) is 0 Å². The van der Waals surface area contributed by atoms with Gasteiger partial charge in [-0.2, -0.15) is 0 Å². The molecule has 3 amide bonds. The van der Waals surface area contributed by atoms with E-state index in [4.69, 9.17) is 0 Å². The Kier molecular flexibility index (Phi) is 4.51. The minimum absolute atomic E-state index is 0.0400. The first-order valence-corrected chi connectivity index (χ1v) is 8.06. The zero-order chi connectivity index (χ0) is 17.3. The topological polar surface area (TPSA) is 69.7 Å². The number of hydrogen-bond acceptors (Lipinski definition) is 3. The van der Waals surface area contributed by atoms with Crippen LogP contribution in [0.4, 0.5) is 4.39 Å². The summed E-state index contributed by atoms with van der Waals surface area (Å²) in [5.41, 5.74) is 0.824. The quantitative estimate of drug-likeness (QED) is 0.859. The summed E-state index contributed by atoms with van der Waals surface area (Å²) in [6.45, 7) is 3.73. The second-order valence-corrected chi connectivity index (χ2v) is 6.29. The first-order chi connectivity index (χ1) is 11.5. The summed E-state index contributed by atoms with van der Waals surface area (Å²) in [5, 5.41) is 2.66. The third-order valence-electron chi connectivity index (χ3n) is 4.62. The van der Waals surface area contributed by atoms with Crippen LogP contribution in [0.3, 0.4) is 0 Å². The van der Waals surface area contributed by atoms with Gasteiger partial charge in [0.25, 0.3) is 5.91 Å².